The molecule has 0 saturated heterocycles. The molecule has 4 heteroatoms. The van der Waals surface area contributed by atoms with Gasteiger partial charge in [-0.25, -0.2) is 0 Å². The maximum Gasteiger partial charge on any atom is 0.309 e. The Morgan fingerprint density at radius 2 is 1.10 bits per heavy atom. The van der Waals surface area contributed by atoms with E-state index in [-0.39, 0.29) is 17.9 Å². The van der Waals surface area contributed by atoms with E-state index in [1.54, 1.807) is 0 Å². The third-order valence-electron chi connectivity index (χ3n) is 5.76. The van der Waals surface area contributed by atoms with Crippen LogP contribution < -0.4 is 0 Å². The molecular formula is C26H50O4. The van der Waals surface area contributed by atoms with Gasteiger partial charge < -0.3 is 9.47 Å². The molecule has 1 unspecified atom stereocenters. The number of esters is 2. The molecule has 0 amide bonds. The first-order valence-electron chi connectivity index (χ1n) is 12.8. The van der Waals surface area contributed by atoms with E-state index in [4.69, 9.17) is 9.47 Å². The van der Waals surface area contributed by atoms with Gasteiger partial charge in [-0.1, -0.05) is 98.3 Å². The van der Waals surface area contributed by atoms with Crippen LogP contribution in [0.5, 0.6) is 0 Å². The van der Waals surface area contributed by atoms with E-state index >= 15 is 0 Å². The number of unbranched alkanes of at least 4 members (excludes halogenated alkanes) is 11. The first kappa shape index (κ1) is 28.9. The average Bonchev–Trinajstić information content (AvgIpc) is 2.71. The van der Waals surface area contributed by atoms with Crippen LogP contribution in [-0.4, -0.2) is 25.2 Å². The lowest BCUT2D eigenvalue weighted by Crippen LogP contribution is -2.23. The standard InChI is InChI=1S/C26H50O4/c1-5-7-21-29-25(27)20-18-16-14-12-10-9-11-13-15-17-19-24(23(3)4)26(28)30-22-8-6-2/h23-24H,5-22H2,1-4H3. The smallest absolute Gasteiger partial charge is 0.309 e. The Labute approximate surface area is 186 Å². The Balaban J connectivity index is 3.51. The molecular weight excluding hydrogens is 376 g/mol. The van der Waals surface area contributed by atoms with Gasteiger partial charge in [0.05, 0.1) is 19.1 Å². The van der Waals surface area contributed by atoms with E-state index in [1.807, 2.05) is 0 Å². The fraction of sp³-hybridized carbons (Fsp3) is 0.923. The van der Waals surface area contributed by atoms with E-state index in [0.717, 1.165) is 51.4 Å². The zero-order valence-electron chi connectivity index (χ0n) is 20.5. The van der Waals surface area contributed by atoms with Crippen molar-refractivity contribution >= 4 is 11.9 Å². The van der Waals surface area contributed by atoms with Crippen LogP contribution in [0.2, 0.25) is 0 Å². The van der Waals surface area contributed by atoms with Crippen LogP contribution in [0.25, 0.3) is 0 Å². The number of rotatable bonds is 21. The highest BCUT2D eigenvalue weighted by atomic mass is 16.5. The predicted octanol–water partition coefficient (Wildman–Crippen LogP) is 7.63. The summed E-state index contributed by atoms with van der Waals surface area (Å²) >= 11 is 0. The number of ether oxygens (including phenoxy) is 2. The fourth-order valence-electron chi connectivity index (χ4n) is 3.60. The zero-order chi connectivity index (χ0) is 22.5. The average molecular weight is 427 g/mol. The van der Waals surface area contributed by atoms with Crippen LogP contribution in [0, 0.1) is 11.8 Å². The molecule has 0 spiro atoms. The Bertz CT molecular complexity index is 406. The van der Waals surface area contributed by atoms with Crippen LogP contribution in [0.1, 0.15) is 130 Å². The van der Waals surface area contributed by atoms with Gasteiger partial charge in [-0.15, -0.1) is 0 Å². The summed E-state index contributed by atoms with van der Waals surface area (Å²) in [6.07, 6.45) is 17.7. The molecule has 0 aliphatic heterocycles. The normalized spacial score (nSPS) is 12.2. The van der Waals surface area contributed by atoms with Crippen molar-refractivity contribution in [3.05, 3.63) is 0 Å². The summed E-state index contributed by atoms with van der Waals surface area (Å²) in [5.74, 6) is 0.396. The summed E-state index contributed by atoms with van der Waals surface area (Å²) in [5, 5.41) is 0. The molecule has 30 heavy (non-hydrogen) atoms. The third-order valence-corrected chi connectivity index (χ3v) is 5.76. The summed E-state index contributed by atoms with van der Waals surface area (Å²) in [7, 11) is 0. The van der Waals surface area contributed by atoms with Crippen LogP contribution in [0.3, 0.4) is 0 Å². The molecule has 0 N–H and O–H groups in total. The molecule has 0 aliphatic rings. The summed E-state index contributed by atoms with van der Waals surface area (Å²) in [6.45, 7) is 9.62. The second-order valence-corrected chi connectivity index (χ2v) is 9.02. The van der Waals surface area contributed by atoms with E-state index < -0.39 is 0 Å². The minimum atomic E-state index is -0.0302. The molecule has 0 saturated carbocycles. The Morgan fingerprint density at radius 1 is 0.633 bits per heavy atom. The minimum absolute atomic E-state index is 0.00710. The van der Waals surface area contributed by atoms with Gasteiger partial charge in [0.15, 0.2) is 0 Å². The molecule has 1 atom stereocenters. The van der Waals surface area contributed by atoms with Gasteiger partial charge in [-0.05, 0) is 31.6 Å². The predicted molar refractivity (Wildman–Crippen MR) is 125 cm³/mol. The summed E-state index contributed by atoms with van der Waals surface area (Å²) in [4.78, 5) is 23.7. The second-order valence-electron chi connectivity index (χ2n) is 9.02. The van der Waals surface area contributed by atoms with Gasteiger partial charge in [0, 0.05) is 6.42 Å². The van der Waals surface area contributed by atoms with Gasteiger partial charge in [-0.2, -0.15) is 0 Å². The topological polar surface area (TPSA) is 52.6 Å². The highest BCUT2D eigenvalue weighted by Gasteiger charge is 2.22. The molecule has 0 heterocycles. The monoisotopic (exact) mass is 426 g/mol. The van der Waals surface area contributed by atoms with Gasteiger partial charge in [0.25, 0.3) is 0 Å². The highest BCUT2D eigenvalue weighted by molar-refractivity contribution is 5.72. The summed E-state index contributed by atoms with van der Waals surface area (Å²) in [5.41, 5.74) is 0. The maximum atomic E-state index is 12.2. The van der Waals surface area contributed by atoms with Crippen LogP contribution in [0.15, 0.2) is 0 Å². The number of hydrogen-bond donors (Lipinski definition) is 0. The SMILES string of the molecule is CCCCOC(=O)CCCCCCCCCCCCC(C(=O)OCCCC)C(C)C. The van der Waals surface area contributed by atoms with E-state index in [1.165, 1.54) is 44.9 Å². The van der Waals surface area contributed by atoms with Crippen molar-refractivity contribution in [3.63, 3.8) is 0 Å². The molecule has 0 aromatic rings. The van der Waals surface area contributed by atoms with Crippen LogP contribution in [0.4, 0.5) is 0 Å². The Kier molecular flexibility index (Phi) is 20.4. The van der Waals surface area contributed by atoms with Crippen molar-refractivity contribution in [2.45, 2.75) is 130 Å². The third kappa shape index (κ3) is 17.8. The molecule has 0 bridgehead atoms. The fourth-order valence-corrected chi connectivity index (χ4v) is 3.60. The van der Waals surface area contributed by atoms with Crippen molar-refractivity contribution < 1.29 is 19.1 Å². The van der Waals surface area contributed by atoms with E-state index in [0.29, 0.717) is 25.6 Å². The van der Waals surface area contributed by atoms with E-state index in [9.17, 15) is 9.59 Å². The van der Waals surface area contributed by atoms with Gasteiger partial charge >= 0.3 is 11.9 Å². The zero-order valence-corrected chi connectivity index (χ0v) is 20.5. The highest BCUT2D eigenvalue weighted by Crippen LogP contribution is 2.21. The summed E-state index contributed by atoms with van der Waals surface area (Å²) < 4.78 is 10.6. The maximum absolute atomic E-state index is 12.2. The Morgan fingerprint density at radius 3 is 1.60 bits per heavy atom. The van der Waals surface area contributed by atoms with Gasteiger partial charge in [0.1, 0.15) is 0 Å². The first-order valence-corrected chi connectivity index (χ1v) is 12.8. The van der Waals surface area contributed by atoms with Crippen molar-refractivity contribution in [2.24, 2.45) is 11.8 Å². The number of hydrogen-bond acceptors (Lipinski definition) is 4. The molecule has 0 aliphatic carbocycles. The molecule has 0 aromatic carbocycles. The van der Waals surface area contributed by atoms with Crippen molar-refractivity contribution in [1.29, 1.82) is 0 Å². The van der Waals surface area contributed by atoms with Crippen molar-refractivity contribution in [1.82, 2.24) is 0 Å². The van der Waals surface area contributed by atoms with Crippen LogP contribution in [-0.2, 0) is 19.1 Å². The van der Waals surface area contributed by atoms with E-state index in [2.05, 4.69) is 27.7 Å². The lowest BCUT2D eigenvalue weighted by atomic mass is 9.90. The molecule has 0 radical (unpaired) electrons. The first-order chi connectivity index (χ1) is 14.5. The molecule has 0 aromatic heterocycles. The van der Waals surface area contributed by atoms with Crippen molar-refractivity contribution in [3.8, 4) is 0 Å². The number of carbonyl (C=O) groups is 2. The molecule has 0 rings (SSSR count). The molecule has 178 valence electrons. The van der Waals surface area contributed by atoms with Crippen molar-refractivity contribution in [2.75, 3.05) is 13.2 Å². The molecule has 0 fully saturated rings. The quantitative estimate of drug-likeness (QED) is 0.140. The minimum Gasteiger partial charge on any atom is -0.466 e. The lowest BCUT2D eigenvalue weighted by molar-refractivity contribution is -0.150. The van der Waals surface area contributed by atoms with Gasteiger partial charge in [0.2, 0.25) is 0 Å². The number of carbonyl (C=O) groups excluding carboxylic acids is 2. The second kappa shape index (κ2) is 21.2. The molecule has 4 nitrogen and oxygen atoms in total. The Hall–Kier alpha value is -1.06. The van der Waals surface area contributed by atoms with Crippen LogP contribution >= 0.6 is 0 Å². The lowest BCUT2D eigenvalue weighted by Gasteiger charge is -2.19. The summed E-state index contributed by atoms with van der Waals surface area (Å²) in [6, 6.07) is 0. The largest absolute Gasteiger partial charge is 0.466 e. The van der Waals surface area contributed by atoms with Gasteiger partial charge in [-0.3, -0.25) is 9.59 Å².